The van der Waals surface area contributed by atoms with Crippen molar-refractivity contribution in [1.29, 1.82) is 5.26 Å². The van der Waals surface area contributed by atoms with Crippen LogP contribution < -0.4 is 11.4 Å². The number of nitrogens with two attached hydrogens (primary N) is 1. The highest BCUT2D eigenvalue weighted by atomic mass is 16.5. The fourth-order valence-corrected chi connectivity index (χ4v) is 2.20. The summed E-state index contributed by atoms with van der Waals surface area (Å²) < 4.78 is 5.10. The summed E-state index contributed by atoms with van der Waals surface area (Å²) in [6, 6.07) is 7.23. The van der Waals surface area contributed by atoms with Crippen LogP contribution in [0, 0.1) is 16.7 Å². The minimum Gasteiger partial charge on any atom is -0.378 e. The third-order valence-corrected chi connectivity index (χ3v) is 3.44. The normalized spacial score (nSPS) is 19.1. The number of H-pyrrole nitrogens is 2. The fourth-order valence-electron chi connectivity index (χ4n) is 2.20. The van der Waals surface area contributed by atoms with E-state index in [1.807, 2.05) is 6.07 Å². The van der Waals surface area contributed by atoms with Gasteiger partial charge in [-0.2, -0.15) is 5.26 Å². The number of hydrogen-bond donors (Lipinski definition) is 3. The molecule has 2 aromatic rings. The SMILES string of the molecule is N#CC1(C(N)c2ccc3[nH]c(=O)[nH]c3c2)COC1. The maximum absolute atomic E-state index is 11.2. The number of imidazole rings is 1. The maximum atomic E-state index is 11.2. The van der Waals surface area contributed by atoms with Crippen molar-refractivity contribution in [1.82, 2.24) is 9.97 Å². The van der Waals surface area contributed by atoms with Crippen molar-refractivity contribution in [2.75, 3.05) is 13.2 Å². The second-order valence-corrected chi connectivity index (χ2v) is 4.62. The van der Waals surface area contributed by atoms with E-state index in [4.69, 9.17) is 10.5 Å². The number of nitrogens with one attached hydrogen (secondary N) is 2. The van der Waals surface area contributed by atoms with Crippen molar-refractivity contribution < 1.29 is 4.74 Å². The molecule has 4 N–H and O–H groups in total. The van der Waals surface area contributed by atoms with E-state index in [1.54, 1.807) is 12.1 Å². The van der Waals surface area contributed by atoms with E-state index < -0.39 is 11.5 Å². The van der Waals surface area contributed by atoms with Gasteiger partial charge in [-0.3, -0.25) is 0 Å². The molecule has 1 aliphatic heterocycles. The molecule has 1 saturated heterocycles. The molecule has 6 heteroatoms. The standard InChI is InChI=1S/C12H12N4O2/c13-4-12(5-18-6-12)10(14)7-1-2-8-9(3-7)16-11(17)15-8/h1-3,10H,5-6,14H2,(H2,15,16,17). The third-order valence-electron chi connectivity index (χ3n) is 3.44. The summed E-state index contributed by atoms with van der Waals surface area (Å²) in [4.78, 5) is 16.5. The minimum atomic E-state index is -0.649. The summed E-state index contributed by atoms with van der Waals surface area (Å²) in [5.41, 5.74) is 7.48. The Balaban J connectivity index is 2.04. The van der Waals surface area contributed by atoms with Crippen molar-refractivity contribution >= 4 is 11.0 Å². The molecule has 0 spiro atoms. The highest BCUT2D eigenvalue weighted by Crippen LogP contribution is 2.38. The Morgan fingerprint density at radius 2 is 2.11 bits per heavy atom. The average molecular weight is 244 g/mol. The summed E-state index contributed by atoms with van der Waals surface area (Å²) in [7, 11) is 0. The summed E-state index contributed by atoms with van der Waals surface area (Å²) >= 11 is 0. The van der Waals surface area contributed by atoms with E-state index in [9.17, 15) is 10.1 Å². The van der Waals surface area contributed by atoms with Crippen LogP contribution in [0.25, 0.3) is 11.0 Å². The third kappa shape index (κ3) is 1.45. The Labute approximate surface area is 102 Å². The van der Waals surface area contributed by atoms with Gasteiger partial charge in [-0.05, 0) is 17.7 Å². The number of aromatic amines is 2. The first-order valence-corrected chi connectivity index (χ1v) is 5.61. The average Bonchev–Trinajstić information content (AvgIpc) is 2.67. The molecule has 18 heavy (non-hydrogen) atoms. The van der Waals surface area contributed by atoms with E-state index >= 15 is 0 Å². The molecule has 92 valence electrons. The molecule has 1 aromatic heterocycles. The van der Waals surface area contributed by atoms with Crippen molar-refractivity contribution in [3.8, 4) is 6.07 Å². The van der Waals surface area contributed by atoms with E-state index in [-0.39, 0.29) is 5.69 Å². The van der Waals surface area contributed by atoms with Crippen LogP contribution in [0.1, 0.15) is 11.6 Å². The molecule has 6 nitrogen and oxygen atoms in total. The minimum absolute atomic E-state index is 0.252. The Morgan fingerprint density at radius 1 is 1.39 bits per heavy atom. The first-order valence-electron chi connectivity index (χ1n) is 5.61. The van der Waals surface area contributed by atoms with E-state index in [1.165, 1.54) is 0 Å². The molecule has 1 unspecified atom stereocenters. The molecule has 0 bridgehead atoms. The molecular weight excluding hydrogens is 232 g/mol. The molecule has 1 aromatic carbocycles. The zero-order valence-electron chi connectivity index (χ0n) is 9.56. The molecular formula is C12H12N4O2. The van der Waals surface area contributed by atoms with Gasteiger partial charge in [-0.15, -0.1) is 0 Å². The second kappa shape index (κ2) is 3.70. The molecule has 3 rings (SSSR count). The molecule has 1 aliphatic rings. The second-order valence-electron chi connectivity index (χ2n) is 4.62. The van der Waals surface area contributed by atoms with Gasteiger partial charge in [0, 0.05) is 0 Å². The quantitative estimate of drug-likeness (QED) is 0.710. The van der Waals surface area contributed by atoms with E-state index in [0.717, 1.165) is 11.1 Å². The van der Waals surface area contributed by atoms with Crippen molar-refractivity contribution in [3.05, 3.63) is 34.2 Å². The maximum Gasteiger partial charge on any atom is 0.323 e. The zero-order valence-corrected chi connectivity index (χ0v) is 9.56. The van der Waals surface area contributed by atoms with Gasteiger partial charge in [0.1, 0.15) is 5.41 Å². The molecule has 0 radical (unpaired) electrons. The topological polar surface area (TPSA) is 108 Å². The predicted octanol–water partition coefficient (Wildman–Crippen LogP) is 0.396. The van der Waals surface area contributed by atoms with Crippen LogP contribution in [0.3, 0.4) is 0 Å². The molecule has 0 aliphatic carbocycles. The number of ether oxygens (including phenoxy) is 1. The van der Waals surface area contributed by atoms with Gasteiger partial charge in [0.15, 0.2) is 0 Å². The van der Waals surface area contributed by atoms with Gasteiger partial charge >= 0.3 is 5.69 Å². The Morgan fingerprint density at radius 3 is 2.72 bits per heavy atom. The monoisotopic (exact) mass is 244 g/mol. The largest absolute Gasteiger partial charge is 0.378 e. The number of rotatable bonds is 2. The van der Waals surface area contributed by atoms with Crippen LogP contribution in [0.2, 0.25) is 0 Å². The number of nitrogens with zero attached hydrogens (tertiary/aromatic N) is 1. The van der Waals surface area contributed by atoms with Crippen LogP contribution in [0.4, 0.5) is 0 Å². The van der Waals surface area contributed by atoms with Crippen molar-refractivity contribution in [3.63, 3.8) is 0 Å². The molecule has 2 heterocycles. The van der Waals surface area contributed by atoms with Gasteiger partial charge in [-0.1, -0.05) is 6.07 Å². The number of fused-ring (bicyclic) bond motifs is 1. The molecule has 1 fully saturated rings. The predicted molar refractivity (Wildman–Crippen MR) is 64.7 cm³/mol. The van der Waals surface area contributed by atoms with Crippen LogP contribution in [-0.2, 0) is 4.74 Å². The summed E-state index contributed by atoms with van der Waals surface area (Å²) in [6.45, 7) is 0.707. The van der Waals surface area contributed by atoms with Crippen LogP contribution in [-0.4, -0.2) is 23.2 Å². The lowest BCUT2D eigenvalue weighted by Gasteiger charge is -2.39. The van der Waals surface area contributed by atoms with E-state index in [0.29, 0.717) is 18.7 Å². The number of benzene rings is 1. The van der Waals surface area contributed by atoms with Crippen LogP contribution in [0.15, 0.2) is 23.0 Å². The van der Waals surface area contributed by atoms with Crippen LogP contribution in [0.5, 0.6) is 0 Å². The lowest BCUT2D eigenvalue weighted by molar-refractivity contribution is -0.0910. The zero-order chi connectivity index (χ0) is 12.8. The Hall–Kier alpha value is -2.10. The summed E-state index contributed by atoms with van der Waals surface area (Å²) in [5, 5.41) is 9.21. The first-order chi connectivity index (χ1) is 8.64. The van der Waals surface area contributed by atoms with Crippen molar-refractivity contribution in [2.24, 2.45) is 11.1 Å². The van der Waals surface area contributed by atoms with Gasteiger partial charge in [0.2, 0.25) is 0 Å². The Kier molecular flexibility index (Phi) is 2.26. The summed E-state index contributed by atoms with van der Waals surface area (Å²) in [6.07, 6.45) is 0. The van der Waals surface area contributed by atoms with Crippen LogP contribution >= 0.6 is 0 Å². The van der Waals surface area contributed by atoms with E-state index in [2.05, 4.69) is 16.0 Å². The number of hydrogen-bond acceptors (Lipinski definition) is 4. The molecule has 0 amide bonds. The van der Waals surface area contributed by atoms with Gasteiger partial charge in [0.25, 0.3) is 0 Å². The highest BCUT2D eigenvalue weighted by Gasteiger charge is 2.45. The van der Waals surface area contributed by atoms with Gasteiger partial charge in [0.05, 0.1) is 36.4 Å². The lowest BCUT2D eigenvalue weighted by Crippen LogP contribution is -2.49. The Bertz CT molecular complexity index is 690. The highest BCUT2D eigenvalue weighted by molar-refractivity contribution is 5.75. The molecule has 0 saturated carbocycles. The summed E-state index contributed by atoms with van der Waals surface area (Å²) in [5.74, 6) is 0. The first kappa shape index (κ1) is 11.0. The van der Waals surface area contributed by atoms with Gasteiger partial charge < -0.3 is 20.4 Å². The molecule has 1 atom stereocenters. The smallest absolute Gasteiger partial charge is 0.323 e. The fraction of sp³-hybridized carbons (Fsp3) is 0.333. The lowest BCUT2D eigenvalue weighted by atomic mass is 9.77. The number of nitriles is 1. The van der Waals surface area contributed by atoms with Crippen molar-refractivity contribution in [2.45, 2.75) is 6.04 Å². The van der Waals surface area contributed by atoms with Gasteiger partial charge in [-0.25, -0.2) is 4.79 Å². The number of aromatic nitrogens is 2.